The number of piperidine rings is 1. The van der Waals surface area contributed by atoms with E-state index in [4.69, 9.17) is 9.47 Å². The second-order valence-corrected chi connectivity index (χ2v) is 15.4. The van der Waals surface area contributed by atoms with Crippen molar-refractivity contribution in [1.29, 1.82) is 0 Å². The smallest absolute Gasteiger partial charge is 0.245 e. The first-order valence-corrected chi connectivity index (χ1v) is 19.3. The van der Waals surface area contributed by atoms with E-state index in [1.807, 2.05) is 56.9 Å². The predicted octanol–water partition coefficient (Wildman–Crippen LogP) is 4.38. The molecule has 288 valence electrons. The number of likely N-dealkylation sites (N-methyl/N-ethyl adjacent to an activating group) is 1. The average Bonchev–Trinajstić information content (AvgIpc) is 3.45. The van der Waals surface area contributed by atoms with Crippen molar-refractivity contribution < 1.29 is 28.7 Å². The average molecular weight is 714 g/mol. The Morgan fingerprint density at radius 2 is 1.69 bits per heavy atom. The lowest BCUT2D eigenvalue weighted by molar-refractivity contribution is -0.148. The van der Waals surface area contributed by atoms with E-state index < -0.39 is 35.7 Å². The Bertz CT molecular complexity index is 1230. The van der Waals surface area contributed by atoms with Gasteiger partial charge in [0.05, 0.1) is 42.2 Å². The number of likely N-dealkylation sites (tertiary alicyclic amines) is 1. The largest absolute Gasteiger partial charge is 0.379 e. The second kappa shape index (κ2) is 20.3. The quantitative estimate of drug-likeness (QED) is 0.192. The van der Waals surface area contributed by atoms with Crippen molar-refractivity contribution in [2.24, 2.45) is 23.7 Å². The molecule has 8 atom stereocenters. The third kappa shape index (κ3) is 11.2. The van der Waals surface area contributed by atoms with E-state index in [-0.39, 0.29) is 53.8 Å². The highest BCUT2D eigenvalue weighted by molar-refractivity contribution is 5.92. The first-order chi connectivity index (χ1) is 24.3. The lowest BCUT2D eigenvalue weighted by Crippen LogP contribution is -2.63. The van der Waals surface area contributed by atoms with Crippen LogP contribution < -0.4 is 16.0 Å². The van der Waals surface area contributed by atoms with Crippen LogP contribution in [0, 0.1) is 23.7 Å². The highest BCUT2D eigenvalue weighted by Crippen LogP contribution is 2.30. The molecule has 4 amide bonds. The monoisotopic (exact) mass is 714 g/mol. The minimum absolute atomic E-state index is 0.0165. The van der Waals surface area contributed by atoms with Crippen LogP contribution in [0.3, 0.4) is 0 Å². The zero-order chi connectivity index (χ0) is 37.7. The van der Waals surface area contributed by atoms with Gasteiger partial charge in [0.25, 0.3) is 0 Å². The van der Waals surface area contributed by atoms with Gasteiger partial charge in [-0.2, -0.15) is 0 Å². The summed E-state index contributed by atoms with van der Waals surface area (Å²) in [5, 5.41) is 9.50. The molecule has 3 rings (SSSR count). The Kier molecular flexibility index (Phi) is 16.9. The third-order valence-electron chi connectivity index (χ3n) is 11.4. The fraction of sp³-hybridized carbons (Fsp3) is 0.750. The lowest BCUT2D eigenvalue weighted by atomic mass is 9.88. The van der Waals surface area contributed by atoms with Crippen LogP contribution in [0.1, 0.15) is 92.9 Å². The van der Waals surface area contributed by atoms with E-state index in [0.29, 0.717) is 13.1 Å². The summed E-state index contributed by atoms with van der Waals surface area (Å²) in [6.45, 7) is 13.7. The van der Waals surface area contributed by atoms with Gasteiger partial charge in [0.1, 0.15) is 6.04 Å². The summed E-state index contributed by atoms with van der Waals surface area (Å²) >= 11 is 0. The Morgan fingerprint density at radius 3 is 2.25 bits per heavy atom. The molecule has 0 spiro atoms. The molecule has 0 aromatic carbocycles. The van der Waals surface area contributed by atoms with Gasteiger partial charge in [-0.25, -0.2) is 0 Å². The predicted molar refractivity (Wildman–Crippen MR) is 202 cm³/mol. The van der Waals surface area contributed by atoms with Crippen molar-refractivity contribution in [2.45, 2.75) is 129 Å². The molecule has 3 N–H and O–H groups in total. The molecule has 0 radical (unpaired) electrons. The molecule has 3 aliphatic rings. The van der Waals surface area contributed by atoms with Gasteiger partial charge in [0.2, 0.25) is 23.6 Å². The maximum absolute atomic E-state index is 14.2. The molecule has 2 aliphatic heterocycles. The van der Waals surface area contributed by atoms with Crippen molar-refractivity contribution in [2.75, 3.05) is 40.9 Å². The summed E-state index contributed by atoms with van der Waals surface area (Å²) in [5.41, 5.74) is -0.714. The van der Waals surface area contributed by atoms with Gasteiger partial charge in [-0.3, -0.25) is 19.2 Å². The highest BCUT2D eigenvalue weighted by Gasteiger charge is 2.43. The number of nitrogens with zero attached hydrogens (tertiary/aromatic N) is 2. The van der Waals surface area contributed by atoms with Crippen LogP contribution in [-0.4, -0.2) is 110 Å². The summed E-state index contributed by atoms with van der Waals surface area (Å²) in [6, 6.07) is -1.38. The van der Waals surface area contributed by atoms with Gasteiger partial charge in [-0.15, -0.1) is 0 Å². The number of hydrogen-bond acceptors (Lipinski definition) is 7. The first kappa shape index (κ1) is 42.4. The number of carbonyl (C=O) groups excluding carboxylic acids is 4. The van der Waals surface area contributed by atoms with Crippen LogP contribution in [0.15, 0.2) is 36.5 Å². The maximum atomic E-state index is 14.2. The van der Waals surface area contributed by atoms with Gasteiger partial charge >= 0.3 is 0 Å². The number of ether oxygens (including phenoxy) is 2. The molecule has 11 nitrogen and oxygen atoms in total. The van der Waals surface area contributed by atoms with E-state index in [1.165, 1.54) is 0 Å². The fourth-order valence-electron chi connectivity index (χ4n) is 7.91. The molecule has 0 saturated carbocycles. The van der Waals surface area contributed by atoms with Crippen LogP contribution in [0.25, 0.3) is 0 Å². The van der Waals surface area contributed by atoms with Crippen LogP contribution in [0.2, 0.25) is 0 Å². The normalized spacial score (nSPS) is 24.4. The molecular formula is C40H67N5O6. The van der Waals surface area contributed by atoms with Crippen molar-refractivity contribution in [1.82, 2.24) is 25.8 Å². The Hall–Kier alpha value is -3.02. The molecule has 0 aromatic rings. The van der Waals surface area contributed by atoms with Crippen molar-refractivity contribution >= 4 is 23.6 Å². The zero-order valence-corrected chi connectivity index (χ0v) is 32.8. The number of nitrogens with one attached hydrogen (secondary N) is 3. The van der Waals surface area contributed by atoms with Gasteiger partial charge in [-0.05, 0) is 69.7 Å². The molecule has 1 aliphatic carbocycles. The van der Waals surface area contributed by atoms with E-state index in [9.17, 15) is 19.2 Å². The van der Waals surface area contributed by atoms with Crippen molar-refractivity contribution in [3.05, 3.63) is 36.5 Å². The number of rotatable bonds is 18. The van der Waals surface area contributed by atoms with E-state index in [1.54, 1.807) is 26.2 Å². The number of amides is 4. The maximum Gasteiger partial charge on any atom is 0.245 e. The summed E-state index contributed by atoms with van der Waals surface area (Å²) in [5.74, 6) is -0.860. The Morgan fingerprint density at radius 1 is 1.00 bits per heavy atom. The van der Waals surface area contributed by atoms with Gasteiger partial charge < -0.3 is 35.2 Å². The van der Waals surface area contributed by atoms with Gasteiger partial charge in [0, 0.05) is 34.4 Å². The molecule has 51 heavy (non-hydrogen) atoms. The summed E-state index contributed by atoms with van der Waals surface area (Å²) < 4.78 is 12.0. The minimum atomic E-state index is -0.724. The van der Waals surface area contributed by atoms with E-state index in [0.717, 1.165) is 51.5 Å². The van der Waals surface area contributed by atoms with Crippen LogP contribution in [-0.2, 0) is 28.7 Å². The Balaban J connectivity index is 1.70. The molecule has 0 bridgehead atoms. The minimum Gasteiger partial charge on any atom is -0.379 e. The number of hydrogen-bond donors (Lipinski definition) is 3. The molecule has 11 heteroatoms. The summed E-state index contributed by atoms with van der Waals surface area (Å²) in [7, 11) is 4.96. The second-order valence-electron chi connectivity index (χ2n) is 15.4. The van der Waals surface area contributed by atoms with Gasteiger partial charge in [0.15, 0.2) is 0 Å². The first-order valence-electron chi connectivity index (χ1n) is 19.3. The summed E-state index contributed by atoms with van der Waals surface area (Å²) in [6.07, 6.45) is 17.1. The highest BCUT2D eigenvalue weighted by atomic mass is 16.5. The van der Waals surface area contributed by atoms with Crippen molar-refractivity contribution in [3.8, 4) is 0 Å². The summed E-state index contributed by atoms with van der Waals surface area (Å²) in [4.78, 5) is 58.6. The van der Waals surface area contributed by atoms with E-state index >= 15 is 0 Å². The number of allylic oxidation sites excluding steroid dienone is 6. The third-order valence-corrected chi connectivity index (χ3v) is 11.4. The molecule has 0 aromatic heterocycles. The molecule has 2 fully saturated rings. The van der Waals surface area contributed by atoms with Crippen LogP contribution in [0.4, 0.5) is 0 Å². The Labute approximate surface area is 307 Å². The fourth-order valence-corrected chi connectivity index (χ4v) is 7.91. The topological polar surface area (TPSA) is 129 Å². The number of carbonyl (C=O) groups is 4. The molecular weight excluding hydrogens is 646 g/mol. The van der Waals surface area contributed by atoms with Crippen LogP contribution in [0.5, 0.6) is 0 Å². The van der Waals surface area contributed by atoms with Gasteiger partial charge in [-0.1, -0.05) is 77.5 Å². The molecule has 2 saturated heterocycles. The SMILES string of the molecule is CC[C@H](C)[C@@H]([C@H](CC(=O)N1CCC[C@H]1[C@H](OC)[C@@H](C)C(=O)NCCC1C=CC=CC=C1)OC)N(C)C(=O)[C@@H](NC(=O)[C@@]1(C)CCCCN1)C(C)C. The van der Waals surface area contributed by atoms with Crippen LogP contribution >= 0.6 is 0 Å². The molecule has 0 unspecified atom stereocenters. The zero-order valence-electron chi connectivity index (χ0n) is 32.8. The lowest BCUT2D eigenvalue weighted by Gasteiger charge is -2.41. The number of methoxy groups -OCH3 is 2. The standard InChI is InChI=1S/C40H67N5O6/c1-10-28(4)35(44(7)38(48)34(27(2)3)43-39(49)40(6)22-15-16-23-42-40)32(50-8)26-33(46)45-25-17-20-31(45)36(51-9)29(5)37(47)41-24-21-30-18-13-11-12-14-19-30/h11-14,18-19,27-32,34-36,42H,10,15-17,20-26H2,1-9H3,(H,41,47)(H,43,49)/t28-,29+,31-,32-,34-,35-,36+,40+/m0/s1. The molecule has 2 heterocycles. The van der Waals surface area contributed by atoms with Crippen molar-refractivity contribution in [3.63, 3.8) is 0 Å². The van der Waals surface area contributed by atoms with E-state index in [2.05, 4.69) is 41.9 Å².